The molecule has 16 heavy (non-hydrogen) atoms. The zero-order chi connectivity index (χ0) is 12.2. The molecular formula is C7H8ClF3N4O. The number of hydrogen-bond donors (Lipinski definition) is 2. The fraction of sp³-hybridized carbons (Fsp3) is 0.429. The highest BCUT2D eigenvalue weighted by atomic mass is 35.5. The lowest BCUT2D eigenvalue weighted by Crippen LogP contribution is -2.15. The Labute approximate surface area is 93.7 Å². The van der Waals surface area contributed by atoms with Gasteiger partial charge in [-0.2, -0.15) is 18.2 Å². The lowest BCUT2D eigenvalue weighted by molar-refractivity contribution is -0.139. The Balaban J connectivity index is 2.59. The Morgan fingerprint density at radius 3 is 2.75 bits per heavy atom. The van der Waals surface area contributed by atoms with Crippen LogP contribution in [0.25, 0.3) is 0 Å². The Kier molecular flexibility index (Phi) is 4.13. The van der Waals surface area contributed by atoms with E-state index in [0.717, 1.165) is 0 Å². The molecular weight excluding hydrogens is 249 g/mol. The SMILES string of the molecule is NNc1ncc(Cl)c(OCCC(F)(F)F)n1. The normalized spacial score (nSPS) is 11.3. The van der Waals surface area contributed by atoms with Gasteiger partial charge in [-0.25, -0.2) is 10.8 Å². The number of anilines is 1. The minimum absolute atomic E-state index is 0.00593. The minimum Gasteiger partial charge on any atom is -0.476 e. The summed E-state index contributed by atoms with van der Waals surface area (Å²) in [6.45, 7) is -0.565. The van der Waals surface area contributed by atoms with Crippen LogP contribution in [0.4, 0.5) is 19.1 Å². The van der Waals surface area contributed by atoms with E-state index >= 15 is 0 Å². The predicted molar refractivity (Wildman–Crippen MR) is 51.0 cm³/mol. The van der Waals surface area contributed by atoms with Crippen LogP contribution in [0.15, 0.2) is 6.20 Å². The first-order valence-electron chi connectivity index (χ1n) is 4.11. The average Bonchev–Trinajstić information content (AvgIpc) is 2.19. The van der Waals surface area contributed by atoms with E-state index in [4.69, 9.17) is 22.2 Å². The lowest BCUT2D eigenvalue weighted by atomic mass is 10.4. The van der Waals surface area contributed by atoms with E-state index in [1.165, 1.54) is 6.20 Å². The van der Waals surface area contributed by atoms with Gasteiger partial charge in [-0.05, 0) is 0 Å². The summed E-state index contributed by atoms with van der Waals surface area (Å²) in [6.07, 6.45) is -4.19. The number of rotatable bonds is 4. The predicted octanol–water partition coefficient (Wildman–Crippen LogP) is 1.75. The number of hydrogen-bond acceptors (Lipinski definition) is 5. The highest BCUT2D eigenvalue weighted by Gasteiger charge is 2.27. The molecule has 9 heteroatoms. The van der Waals surface area contributed by atoms with Crippen LogP contribution in [-0.2, 0) is 0 Å². The summed E-state index contributed by atoms with van der Waals surface area (Å²) < 4.78 is 40.2. The number of ether oxygens (including phenoxy) is 1. The number of hydrazine groups is 1. The molecule has 0 radical (unpaired) electrons. The van der Waals surface area contributed by atoms with Gasteiger partial charge in [0.15, 0.2) is 0 Å². The highest BCUT2D eigenvalue weighted by molar-refractivity contribution is 6.31. The van der Waals surface area contributed by atoms with E-state index in [9.17, 15) is 13.2 Å². The van der Waals surface area contributed by atoms with Gasteiger partial charge in [0.05, 0.1) is 19.2 Å². The molecule has 1 aromatic rings. The Hall–Kier alpha value is -1.28. The number of alkyl halides is 3. The highest BCUT2D eigenvalue weighted by Crippen LogP contribution is 2.24. The largest absolute Gasteiger partial charge is 0.476 e. The summed E-state index contributed by atoms with van der Waals surface area (Å²) in [5.41, 5.74) is 2.12. The zero-order valence-corrected chi connectivity index (χ0v) is 8.64. The molecule has 0 atom stereocenters. The standard InChI is InChI=1S/C7H8ClF3N4O/c8-4-3-13-6(15-12)14-5(4)16-2-1-7(9,10)11/h3H,1-2,12H2,(H,13,14,15). The molecule has 1 heterocycles. The number of nitrogens with one attached hydrogen (secondary N) is 1. The van der Waals surface area contributed by atoms with Crippen molar-refractivity contribution in [3.05, 3.63) is 11.2 Å². The molecule has 1 aromatic heterocycles. The third-order valence-electron chi connectivity index (χ3n) is 1.47. The number of aromatic nitrogens is 2. The smallest absolute Gasteiger partial charge is 0.392 e. The van der Waals surface area contributed by atoms with Gasteiger partial charge < -0.3 is 4.74 Å². The van der Waals surface area contributed by atoms with Crippen LogP contribution in [0.2, 0.25) is 5.02 Å². The molecule has 0 fully saturated rings. The monoisotopic (exact) mass is 256 g/mol. The van der Waals surface area contributed by atoms with Crippen molar-refractivity contribution in [1.29, 1.82) is 0 Å². The Morgan fingerprint density at radius 1 is 1.50 bits per heavy atom. The minimum atomic E-state index is -4.28. The van der Waals surface area contributed by atoms with Crippen molar-refractivity contribution in [3.8, 4) is 5.88 Å². The topological polar surface area (TPSA) is 73.1 Å². The molecule has 0 spiro atoms. The van der Waals surface area contributed by atoms with Crippen LogP contribution in [-0.4, -0.2) is 22.8 Å². The van der Waals surface area contributed by atoms with Crippen LogP contribution >= 0.6 is 11.6 Å². The average molecular weight is 257 g/mol. The van der Waals surface area contributed by atoms with E-state index in [1.54, 1.807) is 0 Å². The van der Waals surface area contributed by atoms with E-state index < -0.39 is 19.2 Å². The summed E-state index contributed by atoms with van der Waals surface area (Å²) in [6, 6.07) is 0. The summed E-state index contributed by atoms with van der Waals surface area (Å²) in [5, 5.41) is 0.0150. The van der Waals surface area contributed by atoms with Crippen molar-refractivity contribution in [1.82, 2.24) is 9.97 Å². The summed E-state index contributed by atoms with van der Waals surface area (Å²) in [7, 11) is 0. The molecule has 5 nitrogen and oxygen atoms in total. The van der Waals surface area contributed by atoms with Gasteiger partial charge in [0.25, 0.3) is 0 Å². The lowest BCUT2D eigenvalue weighted by Gasteiger charge is -2.09. The molecule has 0 unspecified atom stereocenters. The van der Waals surface area contributed by atoms with Crippen LogP contribution < -0.4 is 16.0 Å². The van der Waals surface area contributed by atoms with Gasteiger partial charge in [0.2, 0.25) is 11.8 Å². The second kappa shape index (κ2) is 5.17. The van der Waals surface area contributed by atoms with Crippen molar-refractivity contribution in [2.24, 2.45) is 5.84 Å². The summed E-state index contributed by atoms with van der Waals surface area (Å²) >= 11 is 5.60. The Morgan fingerprint density at radius 2 is 2.19 bits per heavy atom. The van der Waals surface area contributed by atoms with E-state index in [2.05, 4.69) is 15.4 Å². The van der Waals surface area contributed by atoms with Gasteiger partial charge >= 0.3 is 6.18 Å². The van der Waals surface area contributed by atoms with Crippen molar-refractivity contribution >= 4 is 17.5 Å². The number of halogens is 4. The van der Waals surface area contributed by atoms with Crippen LogP contribution in [0.1, 0.15) is 6.42 Å². The van der Waals surface area contributed by atoms with Gasteiger partial charge in [0, 0.05) is 0 Å². The summed E-state index contributed by atoms with van der Waals surface area (Å²) in [4.78, 5) is 7.27. The molecule has 0 aromatic carbocycles. The molecule has 0 aliphatic carbocycles. The first-order chi connectivity index (χ1) is 7.42. The summed E-state index contributed by atoms with van der Waals surface area (Å²) in [5.74, 6) is 4.87. The van der Waals surface area contributed by atoms with Gasteiger partial charge in [-0.1, -0.05) is 11.6 Å². The van der Waals surface area contributed by atoms with Crippen LogP contribution in [0.3, 0.4) is 0 Å². The second-order valence-corrected chi connectivity index (χ2v) is 3.11. The first kappa shape index (κ1) is 12.8. The van der Waals surface area contributed by atoms with E-state index in [0.29, 0.717) is 0 Å². The number of nitrogens with zero attached hydrogens (tertiary/aromatic N) is 2. The molecule has 0 amide bonds. The maximum Gasteiger partial charge on any atom is 0.392 e. The van der Waals surface area contributed by atoms with E-state index in [-0.39, 0.29) is 16.9 Å². The maximum absolute atomic E-state index is 11.8. The van der Waals surface area contributed by atoms with Gasteiger partial charge in [0.1, 0.15) is 5.02 Å². The van der Waals surface area contributed by atoms with Crippen molar-refractivity contribution < 1.29 is 17.9 Å². The van der Waals surface area contributed by atoms with Crippen molar-refractivity contribution in [3.63, 3.8) is 0 Å². The second-order valence-electron chi connectivity index (χ2n) is 2.70. The number of nitrogens with two attached hydrogens (primary N) is 1. The molecule has 3 N–H and O–H groups in total. The van der Waals surface area contributed by atoms with Crippen LogP contribution in [0, 0.1) is 0 Å². The molecule has 0 bridgehead atoms. The van der Waals surface area contributed by atoms with Crippen molar-refractivity contribution in [2.45, 2.75) is 12.6 Å². The third kappa shape index (κ3) is 4.07. The third-order valence-corrected chi connectivity index (χ3v) is 1.72. The zero-order valence-electron chi connectivity index (χ0n) is 7.88. The Bertz CT molecular complexity index is 360. The first-order valence-corrected chi connectivity index (χ1v) is 4.49. The maximum atomic E-state index is 11.8. The molecule has 0 saturated carbocycles. The quantitative estimate of drug-likeness (QED) is 0.634. The molecule has 1 rings (SSSR count). The fourth-order valence-electron chi connectivity index (χ4n) is 0.786. The van der Waals surface area contributed by atoms with Gasteiger partial charge in [-0.3, -0.25) is 5.43 Å². The van der Waals surface area contributed by atoms with E-state index in [1.807, 2.05) is 0 Å². The molecule has 0 aliphatic rings. The molecule has 0 saturated heterocycles. The molecule has 90 valence electrons. The van der Waals surface area contributed by atoms with Crippen LogP contribution in [0.5, 0.6) is 5.88 Å². The van der Waals surface area contributed by atoms with Crippen molar-refractivity contribution in [2.75, 3.05) is 12.0 Å². The molecule has 0 aliphatic heterocycles. The number of nitrogen functional groups attached to an aromatic ring is 1. The van der Waals surface area contributed by atoms with Gasteiger partial charge in [-0.15, -0.1) is 0 Å². The fourth-order valence-corrected chi connectivity index (χ4v) is 0.931.